The van der Waals surface area contributed by atoms with Crippen molar-refractivity contribution in [3.63, 3.8) is 0 Å². The Balaban J connectivity index is 2.58. The number of hydrogen-bond donors (Lipinski definition) is 1. The van der Waals surface area contributed by atoms with Gasteiger partial charge in [-0.15, -0.1) is 0 Å². The molecule has 0 aromatic heterocycles. The fourth-order valence-electron chi connectivity index (χ4n) is 2.64. The Labute approximate surface area is 87.7 Å². The summed E-state index contributed by atoms with van der Waals surface area (Å²) in [4.78, 5) is 0. The third-order valence-corrected chi connectivity index (χ3v) is 3.49. The highest BCUT2D eigenvalue weighted by atomic mass is 16.5. The van der Waals surface area contributed by atoms with Gasteiger partial charge in [0.15, 0.2) is 0 Å². The molecule has 14 heavy (non-hydrogen) atoms. The van der Waals surface area contributed by atoms with Crippen molar-refractivity contribution in [2.75, 3.05) is 6.61 Å². The Morgan fingerprint density at radius 2 is 2.00 bits per heavy atom. The van der Waals surface area contributed by atoms with Gasteiger partial charge >= 0.3 is 0 Å². The molecule has 1 rings (SSSR count). The normalized spacial score (nSPS) is 34.5. The summed E-state index contributed by atoms with van der Waals surface area (Å²) in [6.07, 6.45) is 3.06. The van der Waals surface area contributed by atoms with Gasteiger partial charge in [0.25, 0.3) is 0 Å². The van der Waals surface area contributed by atoms with Crippen LogP contribution in [0.15, 0.2) is 0 Å². The van der Waals surface area contributed by atoms with E-state index in [2.05, 4.69) is 20.8 Å². The quantitative estimate of drug-likeness (QED) is 0.759. The van der Waals surface area contributed by atoms with Crippen LogP contribution in [0.3, 0.4) is 0 Å². The molecule has 0 radical (unpaired) electrons. The SMILES string of the molecule is CCOC(C)(C)C1CC[C@@H](C)C[C@H]1O. The summed E-state index contributed by atoms with van der Waals surface area (Å²) in [6, 6.07) is 0. The highest BCUT2D eigenvalue weighted by molar-refractivity contribution is 4.89. The lowest BCUT2D eigenvalue weighted by atomic mass is 9.73. The molecule has 1 unspecified atom stereocenters. The molecule has 0 aromatic rings. The van der Waals surface area contributed by atoms with E-state index in [0.29, 0.717) is 11.8 Å². The third-order valence-electron chi connectivity index (χ3n) is 3.49. The second-order valence-electron chi connectivity index (χ2n) is 5.13. The summed E-state index contributed by atoms with van der Waals surface area (Å²) in [5, 5.41) is 10.0. The van der Waals surface area contributed by atoms with Crippen molar-refractivity contribution >= 4 is 0 Å². The molecule has 1 saturated carbocycles. The predicted molar refractivity (Wildman–Crippen MR) is 58.2 cm³/mol. The summed E-state index contributed by atoms with van der Waals surface area (Å²) in [7, 11) is 0. The summed E-state index contributed by atoms with van der Waals surface area (Å²) in [5.74, 6) is 0.970. The van der Waals surface area contributed by atoms with Crippen LogP contribution < -0.4 is 0 Å². The molecule has 0 bridgehead atoms. The first-order valence-corrected chi connectivity index (χ1v) is 5.79. The largest absolute Gasteiger partial charge is 0.393 e. The van der Waals surface area contributed by atoms with Crippen LogP contribution in [0, 0.1) is 11.8 Å². The maximum Gasteiger partial charge on any atom is 0.0679 e. The summed E-state index contributed by atoms with van der Waals surface area (Å²) >= 11 is 0. The van der Waals surface area contributed by atoms with E-state index in [0.717, 1.165) is 19.4 Å². The van der Waals surface area contributed by atoms with Crippen LogP contribution in [0.25, 0.3) is 0 Å². The number of aliphatic hydroxyl groups excluding tert-OH is 1. The molecular formula is C12H24O2. The van der Waals surface area contributed by atoms with Crippen LogP contribution in [0.1, 0.15) is 47.0 Å². The van der Waals surface area contributed by atoms with Gasteiger partial charge in [0.1, 0.15) is 0 Å². The fourth-order valence-corrected chi connectivity index (χ4v) is 2.64. The molecule has 1 fully saturated rings. The highest BCUT2D eigenvalue weighted by Gasteiger charge is 2.38. The van der Waals surface area contributed by atoms with Crippen molar-refractivity contribution < 1.29 is 9.84 Å². The Hall–Kier alpha value is -0.0800. The molecule has 1 N–H and O–H groups in total. The van der Waals surface area contributed by atoms with Crippen molar-refractivity contribution in [3.05, 3.63) is 0 Å². The van der Waals surface area contributed by atoms with E-state index in [9.17, 15) is 5.11 Å². The van der Waals surface area contributed by atoms with E-state index in [1.54, 1.807) is 0 Å². The monoisotopic (exact) mass is 200 g/mol. The number of hydrogen-bond acceptors (Lipinski definition) is 2. The Kier molecular flexibility index (Phi) is 3.96. The Morgan fingerprint density at radius 3 is 2.50 bits per heavy atom. The first-order chi connectivity index (χ1) is 6.47. The van der Waals surface area contributed by atoms with Gasteiger partial charge < -0.3 is 9.84 Å². The number of ether oxygens (including phenoxy) is 1. The second kappa shape index (κ2) is 4.63. The third kappa shape index (κ3) is 2.71. The molecule has 84 valence electrons. The minimum atomic E-state index is -0.180. The van der Waals surface area contributed by atoms with Gasteiger partial charge in [-0.2, -0.15) is 0 Å². The first-order valence-electron chi connectivity index (χ1n) is 5.79. The van der Waals surface area contributed by atoms with Crippen molar-refractivity contribution in [2.24, 2.45) is 11.8 Å². The maximum atomic E-state index is 10.0. The van der Waals surface area contributed by atoms with Gasteiger partial charge in [-0.25, -0.2) is 0 Å². The zero-order valence-corrected chi connectivity index (χ0v) is 9.92. The van der Waals surface area contributed by atoms with Crippen LogP contribution in [-0.2, 0) is 4.74 Å². The number of aliphatic hydroxyl groups is 1. The molecule has 1 aliphatic rings. The van der Waals surface area contributed by atoms with Crippen molar-refractivity contribution in [1.29, 1.82) is 0 Å². The van der Waals surface area contributed by atoms with Crippen LogP contribution in [0.2, 0.25) is 0 Å². The smallest absolute Gasteiger partial charge is 0.0679 e. The minimum absolute atomic E-state index is 0.172. The van der Waals surface area contributed by atoms with Crippen molar-refractivity contribution in [1.82, 2.24) is 0 Å². The minimum Gasteiger partial charge on any atom is -0.393 e. The predicted octanol–water partition coefficient (Wildman–Crippen LogP) is 2.60. The molecular weight excluding hydrogens is 176 g/mol. The van der Waals surface area contributed by atoms with Gasteiger partial charge in [-0.1, -0.05) is 13.3 Å². The van der Waals surface area contributed by atoms with Gasteiger partial charge in [0.2, 0.25) is 0 Å². The molecule has 0 amide bonds. The van der Waals surface area contributed by atoms with E-state index in [1.807, 2.05) is 6.92 Å². The molecule has 0 aliphatic heterocycles. The zero-order chi connectivity index (χ0) is 10.8. The molecule has 0 aromatic carbocycles. The Morgan fingerprint density at radius 1 is 1.36 bits per heavy atom. The van der Waals surface area contributed by atoms with E-state index < -0.39 is 0 Å². The van der Waals surface area contributed by atoms with E-state index in [4.69, 9.17) is 4.74 Å². The molecule has 3 atom stereocenters. The first kappa shape index (κ1) is 12.0. The average molecular weight is 200 g/mol. The van der Waals surface area contributed by atoms with E-state index in [1.165, 1.54) is 6.42 Å². The molecule has 2 nitrogen and oxygen atoms in total. The summed E-state index contributed by atoms with van der Waals surface area (Å²) in [5.41, 5.74) is -0.172. The van der Waals surface area contributed by atoms with Crippen LogP contribution in [0.4, 0.5) is 0 Å². The standard InChI is InChI=1S/C12H24O2/c1-5-14-12(3,4)10-7-6-9(2)8-11(10)13/h9-11,13H,5-8H2,1-4H3/t9-,10?,11-/m1/s1. The van der Waals surface area contributed by atoms with Crippen LogP contribution in [-0.4, -0.2) is 23.4 Å². The lowest BCUT2D eigenvalue weighted by molar-refractivity contribution is -0.111. The van der Waals surface area contributed by atoms with Gasteiger partial charge in [-0.05, 0) is 39.5 Å². The average Bonchev–Trinajstić information content (AvgIpc) is 2.02. The van der Waals surface area contributed by atoms with Gasteiger partial charge in [-0.3, -0.25) is 0 Å². The summed E-state index contributed by atoms with van der Waals surface area (Å²) in [6.45, 7) is 9.15. The molecule has 0 saturated heterocycles. The maximum absolute atomic E-state index is 10.0. The topological polar surface area (TPSA) is 29.5 Å². The van der Waals surface area contributed by atoms with Crippen LogP contribution in [0.5, 0.6) is 0 Å². The Bertz CT molecular complexity index is 177. The zero-order valence-electron chi connectivity index (χ0n) is 9.92. The molecule has 0 spiro atoms. The van der Waals surface area contributed by atoms with Crippen LogP contribution >= 0.6 is 0 Å². The van der Waals surface area contributed by atoms with Crippen molar-refractivity contribution in [3.8, 4) is 0 Å². The molecule has 0 heterocycles. The van der Waals surface area contributed by atoms with E-state index in [-0.39, 0.29) is 11.7 Å². The highest BCUT2D eigenvalue weighted by Crippen LogP contribution is 2.37. The fraction of sp³-hybridized carbons (Fsp3) is 1.00. The lowest BCUT2D eigenvalue weighted by Crippen LogP contribution is -2.44. The molecule has 1 aliphatic carbocycles. The van der Waals surface area contributed by atoms with Gasteiger partial charge in [0.05, 0.1) is 11.7 Å². The van der Waals surface area contributed by atoms with Gasteiger partial charge in [0, 0.05) is 12.5 Å². The lowest BCUT2D eigenvalue weighted by Gasteiger charge is -2.41. The van der Waals surface area contributed by atoms with E-state index >= 15 is 0 Å². The second-order valence-corrected chi connectivity index (χ2v) is 5.13. The molecule has 2 heteroatoms. The van der Waals surface area contributed by atoms with Crippen molar-refractivity contribution in [2.45, 2.75) is 58.7 Å². The number of rotatable bonds is 3. The summed E-state index contributed by atoms with van der Waals surface area (Å²) < 4.78 is 5.71.